The highest BCUT2D eigenvalue weighted by Crippen LogP contribution is 2.13. The molecule has 0 bridgehead atoms. The molecule has 15 heavy (non-hydrogen) atoms. The van der Waals surface area contributed by atoms with E-state index in [1.54, 1.807) is 0 Å². The van der Waals surface area contributed by atoms with Crippen molar-refractivity contribution in [2.24, 2.45) is 0 Å². The van der Waals surface area contributed by atoms with Gasteiger partial charge in [-0.3, -0.25) is 0 Å². The summed E-state index contributed by atoms with van der Waals surface area (Å²) in [6, 6.07) is 12.1. The van der Waals surface area contributed by atoms with Gasteiger partial charge in [-0.1, -0.05) is 30.3 Å². The van der Waals surface area contributed by atoms with Gasteiger partial charge in [-0.15, -0.1) is 0 Å². The topological polar surface area (TPSA) is 24.1 Å². The van der Waals surface area contributed by atoms with Crippen LogP contribution in [-0.2, 0) is 6.42 Å². The molecule has 0 aromatic heterocycles. The predicted octanol–water partition coefficient (Wildman–Crippen LogP) is 1.57. The molecule has 82 valence electrons. The van der Waals surface area contributed by atoms with Crippen molar-refractivity contribution in [2.45, 2.75) is 31.3 Å². The van der Waals surface area contributed by atoms with Crippen molar-refractivity contribution in [3.05, 3.63) is 35.9 Å². The van der Waals surface area contributed by atoms with Crippen LogP contribution in [0.15, 0.2) is 30.3 Å². The first kappa shape index (κ1) is 10.7. The minimum atomic E-state index is 0.672. The third kappa shape index (κ3) is 3.05. The molecule has 1 aliphatic heterocycles. The van der Waals surface area contributed by atoms with Crippen LogP contribution in [0.2, 0.25) is 0 Å². The first-order chi connectivity index (χ1) is 7.38. The Kier molecular flexibility index (Phi) is 3.75. The first-order valence-electron chi connectivity index (χ1n) is 5.83. The highest BCUT2D eigenvalue weighted by atomic mass is 15.0. The summed E-state index contributed by atoms with van der Waals surface area (Å²) in [5, 5.41) is 6.89. The van der Waals surface area contributed by atoms with Gasteiger partial charge < -0.3 is 10.6 Å². The Morgan fingerprint density at radius 1 is 1.33 bits per heavy atom. The zero-order valence-electron chi connectivity index (χ0n) is 9.37. The predicted molar refractivity (Wildman–Crippen MR) is 64.0 cm³/mol. The molecule has 0 aliphatic carbocycles. The summed E-state index contributed by atoms with van der Waals surface area (Å²) in [5.74, 6) is 0. The third-order valence-electron chi connectivity index (χ3n) is 3.25. The smallest absolute Gasteiger partial charge is 0.0204 e. The maximum Gasteiger partial charge on any atom is 0.0204 e. The van der Waals surface area contributed by atoms with Gasteiger partial charge in [0.2, 0.25) is 0 Å². The summed E-state index contributed by atoms with van der Waals surface area (Å²) < 4.78 is 0. The lowest BCUT2D eigenvalue weighted by atomic mass is 10.0. The second kappa shape index (κ2) is 5.29. The van der Waals surface area contributed by atoms with E-state index in [4.69, 9.17) is 0 Å². The number of likely N-dealkylation sites (N-methyl/N-ethyl adjacent to an activating group) is 1. The molecule has 1 aromatic rings. The number of aryl methyl sites for hydroxylation is 1. The van der Waals surface area contributed by atoms with Crippen LogP contribution < -0.4 is 10.6 Å². The van der Waals surface area contributed by atoms with Crippen molar-refractivity contribution in [1.82, 2.24) is 10.6 Å². The largest absolute Gasteiger partial charge is 0.316 e. The molecule has 1 aromatic carbocycles. The Morgan fingerprint density at radius 2 is 2.13 bits per heavy atom. The molecule has 2 heteroatoms. The lowest BCUT2D eigenvalue weighted by Crippen LogP contribution is -2.27. The molecule has 1 aliphatic rings. The molecule has 1 heterocycles. The fraction of sp³-hybridized carbons (Fsp3) is 0.538. The van der Waals surface area contributed by atoms with Gasteiger partial charge in [0, 0.05) is 18.6 Å². The monoisotopic (exact) mass is 204 g/mol. The Hall–Kier alpha value is -0.860. The van der Waals surface area contributed by atoms with E-state index in [9.17, 15) is 0 Å². The van der Waals surface area contributed by atoms with Crippen LogP contribution in [-0.4, -0.2) is 25.7 Å². The molecule has 0 saturated carbocycles. The van der Waals surface area contributed by atoms with E-state index in [-0.39, 0.29) is 0 Å². The van der Waals surface area contributed by atoms with Crippen LogP contribution in [0.25, 0.3) is 0 Å². The number of benzene rings is 1. The van der Waals surface area contributed by atoms with E-state index in [0.29, 0.717) is 12.1 Å². The second-order valence-corrected chi connectivity index (χ2v) is 4.35. The molecule has 1 saturated heterocycles. The van der Waals surface area contributed by atoms with Gasteiger partial charge in [0.25, 0.3) is 0 Å². The molecule has 0 amide bonds. The van der Waals surface area contributed by atoms with E-state index in [1.165, 1.54) is 24.8 Å². The summed E-state index contributed by atoms with van der Waals surface area (Å²) in [4.78, 5) is 0. The molecule has 1 fully saturated rings. The maximum absolute atomic E-state index is 3.57. The van der Waals surface area contributed by atoms with Crippen LogP contribution >= 0.6 is 0 Å². The number of hydrogen-bond acceptors (Lipinski definition) is 2. The lowest BCUT2D eigenvalue weighted by Gasteiger charge is -2.10. The average Bonchev–Trinajstić information content (AvgIpc) is 2.76. The minimum absolute atomic E-state index is 0.672. The zero-order chi connectivity index (χ0) is 10.5. The van der Waals surface area contributed by atoms with Crippen LogP contribution in [0.5, 0.6) is 0 Å². The molecular weight excluding hydrogens is 184 g/mol. The van der Waals surface area contributed by atoms with Crippen LogP contribution in [0.4, 0.5) is 0 Å². The van der Waals surface area contributed by atoms with E-state index < -0.39 is 0 Å². The number of hydrogen-bond donors (Lipinski definition) is 2. The van der Waals surface area contributed by atoms with Gasteiger partial charge >= 0.3 is 0 Å². The molecule has 0 radical (unpaired) electrons. The van der Waals surface area contributed by atoms with E-state index in [2.05, 4.69) is 41.0 Å². The van der Waals surface area contributed by atoms with Crippen molar-refractivity contribution in [2.75, 3.05) is 13.6 Å². The van der Waals surface area contributed by atoms with Crippen LogP contribution in [0.3, 0.4) is 0 Å². The van der Waals surface area contributed by atoms with E-state index in [1.807, 2.05) is 7.05 Å². The Morgan fingerprint density at radius 3 is 2.80 bits per heavy atom. The third-order valence-corrected chi connectivity index (χ3v) is 3.25. The highest BCUT2D eigenvalue weighted by Gasteiger charge is 2.21. The second-order valence-electron chi connectivity index (χ2n) is 4.35. The van der Waals surface area contributed by atoms with Crippen molar-refractivity contribution >= 4 is 0 Å². The normalized spacial score (nSPS) is 25.7. The minimum Gasteiger partial charge on any atom is -0.316 e. The van der Waals surface area contributed by atoms with Crippen LogP contribution in [0.1, 0.15) is 18.4 Å². The lowest BCUT2D eigenvalue weighted by molar-refractivity contribution is 0.540. The highest BCUT2D eigenvalue weighted by molar-refractivity contribution is 5.14. The van der Waals surface area contributed by atoms with Crippen molar-refractivity contribution in [1.29, 1.82) is 0 Å². The maximum atomic E-state index is 3.57. The zero-order valence-corrected chi connectivity index (χ0v) is 9.37. The molecular formula is C13H20N2. The molecule has 0 spiro atoms. The van der Waals surface area contributed by atoms with Crippen molar-refractivity contribution in [3.63, 3.8) is 0 Å². The summed E-state index contributed by atoms with van der Waals surface area (Å²) >= 11 is 0. The first-order valence-corrected chi connectivity index (χ1v) is 5.83. The van der Waals surface area contributed by atoms with E-state index >= 15 is 0 Å². The standard InChI is InChI=1S/C13H20N2/c1-14-13-9-12(15-10-13)8-7-11-5-3-2-4-6-11/h2-6,12-15H,7-10H2,1H3. The quantitative estimate of drug-likeness (QED) is 0.778. The van der Waals surface area contributed by atoms with Gasteiger partial charge in [-0.05, 0) is 31.9 Å². The van der Waals surface area contributed by atoms with Gasteiger partial charge in [0.15, 0.2) is 0 Å². The summed E-state index contributed by atoms with van der Waals surface area (Å²) in [5.41, 5.74) is 1.45. The summed E-state index contributed by atoms with van der Waals surface area (Å²) in [6.45, 7) is 1.12. The molecule has 2 nitrogen and oxygen atoms in total. The summed E-state index contributed by atoms with van der Waals surface area (Å²) in [6.07, 6.45) is 3.71. The summed E-state index contributed by atoms with van der Waals surface area (Å²) in [7, 11) is 2.05. The van der Waals surface area contributed by atoms with E-state index in [0.717, 1.165) is 6.54 Å². The van der Waals surface area contributed by atoms with Gasteiger partial charge in [0.05, 0.1) is 0 Å². The Balaban J connectivity index is 1.75. The van der Waals surface area contributed by atoms with Crippen molar-refractivity contribution in [3.8, 4) is 0 Å². The number of rotatable bonds is 4. The number of nitrogens with one attached hydrogen (secondary N) is 2. The Labute approximate surface area is 92.1 Å². The van der Waals surface area contributed by atoms with Crippen LogP contribution in [0, 0.1) is 0 Å². The molecule has 2 unspecified atom stereocenters. The van der Waals surface area contributed by atoms with Gasteiger partial charge in [0.1, 0.15) is 0 Å². The molecule has 2 N–H and O–H groups in total. The Bertz CT molecular complexity index is 284. The van der Waals surface area contributed by atoms with Gasteiger partial charge in [-0.25, -0.2) is 0 Å². The average molecular weight is 204 g/mol. The SMILES string of the molecule is CNC1CNC(CCc2ccccc2)C1. The molecule has 2 atom stereocenters. The fourth-order valence-electron chi connectivity index (χ4n) is 2.24. The van der Waals surface area contributed by atoms with Gasteiger partial charge in [-0.2, -0.15) is 0 Å². The fourth-order valence-corrected chi connectivity index (χ4v) is 2.24. The van der Waals surface area contributed by atoms with Crippen molar-refractivity contribution < 1.29 is 0 Å². The molecule has 2 rings (SSSR count).